The summed E-state index contributed by atoms with van der Waals surface area (Å²) in [6.45, 7) is 0.270. The molecule has 0 spiro atoms. The van der Waals surface area contributed by atoms with E-state index in [0.717, 1.165) is 12.1 Å². The van der Waals surface area contributed by atoms with Crippen molar-refractivity contribution in [2.75, 3.05) is 11.9 Å². The lowest BCUT2D eigenvalue weighted by atomic mass is 10.2. The highest BCUT2D eigenvalue weighted by molar-refractivity contribution is 5.99. The molecule has 0 aliphatic heterocycles. The molecule has 0 saturated carbocycles. The van der Waals surface area contributed by atoms with Gasteiger partial charge in [-0.3, -0.25) is 0 Å². The van der Waals surface area contributed by atoms with Gasteiger partial charge < -0.3 is 15.7 Å². The number of hydrogen-bond donors (Lipinski definition) is 3. The molecule has 0 fully saturated rings. The number of anilines is 1. The fourth-order valence-electron chi connectivity index (χ4n) is 1.22. The number of benzene rings is 1. The average molecular weight is 250 g/mol. The highest BCUT2D eigenvalue weighted by Crippen LogP contribution is 2.16. The van der Waals surface area contributed by atoms with Crippen LogP contribution in [0.25, 0.3) is 0 Å². The summed E-state index contributed by atoms with van der Waals surface area (Å²) in [5.74, 6) is 0.323. The van der Waals surface area contributed by atoms with Crippen LogP contribution < -0.4 is 10.6 Å². The van der Waals surface area contributed by atoms with Gasteiger partial charge in [0.15, 0.2) is 0 Å². The maximum atomic E-state index is 12.9. The molecule has 0 aromatic heterocycles. The Bertz CT molecular complexity index is 509. The molecular formula is C12H11FN2O3. The molecule has 0 saturated heterocycles. The smallest absolute Gasteiger partial charge is 0.337 e. The first kappa shape index (κ1) is 13.5. The van der Waals surface area contributed by atoms with Gasteiger partial charge in [0.25, 0.3) is 0 Å². The molecule has 2 amide bonds. The van der Waals surface area contributed by atoms with Crippen LogP contribution in [0, 0.1) is 18.2 Å². The van der Waals surface area contributed by atoms with Crippen LogP contribution in [0.15, 0.2) is 18.2 Å². The average Bonchev–Trinajstić information content (AvgIpc) is 2.31. The van der Waals surface area contributed by atoms with Crippen LogP contribution in [0.2, 0.25) is 0 Å². The van der Waals surface area contributed by atoms with Crippen LogP contribution in [-0.2, 0) is 0 Å². The summed E-state index contributed by atoms with van der Waals surface area (Å²) in [4.78, 5) is 22.2. The zero-order valence-electron chi connectivity index (χ0n) is 9.37. The van der Waals surface area contributed by atoms with Gasteiger partial charge in [-0.2, -0.15) is 0 Å². The Morgan fingerprint density at radius 3 is 2.78 bits per heavy atom. The fraction of sp³-hybridized carbons (Fsp3) is 0.167. The van der Waals surface area contributed by atoms with E-state index in [1.807, 2.05) is 0 Å². The number of urea groups is 1. The number of rotatable bonds is 4. The van der Waals surface area contributed by atoms with E-state index in [4.69, 9.17) is 11.5 Å². The molecule has 0 heterocycles. The third-order valence-electron chi connectivity index (χ3n) is 2.02. The molecule has 3 N–H and O–H groups in total. The van der Waals surface area contributed by atoms with Crippen molar-refractivity contribution < 1.29 is 19.1 Å². The van der Waals surface area contributed by atoms with Crippen molar-refractivity contribution in [3.63, 3.8) is 0 Å². The summed E-state index contributed by atoms with van der Waals surface area (Å²) < 4.78 is 12.9. The number of carboxylic acid groups (broad SMARTS) is 1. The lowest BCUT2D eigenvalue weighted by Crippen LogP contribution is -2.30. The van der Waals surface area contributed by atoms with Crippen molar-refractivity contribution in [3.8, 4) is 12.3 Å². The molecule has 6 heteroatoms. The molecule has 1 aromatic rings. The summed E-state index contributed by atoms with van der Waals surface area (Å²) in [5.41, 5.74) is -0.302. The Labute approximate surface area is 103 Å². The summed E-state index contributed by atoms with van der Waals surface area (Å²) in [5, 5.41) is 13.6. The molecule has 94 valence electrons. The second-order valence-electron chi connectivity index (χ2n) is 3.33. The maximum absolute atomic E-state index is 12.9. The van der Waals surface area contributed by atoms with Gasteiger partial charge in [-0.05, 0) is 18.2 Å². The topological polar surface area (TPSA) is 78.4 Å². The van der Waals surface area contributed by atoms with Crippen molar-refractivity contribution in [2.45, 2.75) is 6.42 Å². The van der Waals surface area contributed by atoms with Gasteiger partial charge in [0.1, 0.15) is 5.82 Å². The maximum Gasteiger partial charge on any atom is 0.337 e. The second-order valence-corrected chi connectivity index (χ2v) is 3.33. The number of terminal acetylenes is 1. The molecule has 0 unspecified atom stereocenters. The van der Waals surface area contributed by atoms with E-state index in [2.05, 4.69) is 16.6 Å². The van der Waals surface area contributed by atoms with Crippen LogP contribution >= 0.6 is 0 Å². The number of hydrogen-bond acceptors (Lipinski definition) is 2. The SMILES string of the molecule is C#CCCNC(=O)Nc1ccc(F)cc1C(=O)O. The van der Waals surface area contributed by atoms with Gasteiger partial charge in [0.2, 0.25) is 0 Å². The first-order valence-corrected chi connectivity index (χ1v) is 5.05. The molecule has 0 aliphatic rings. The lowest BCUT2D eigenvalue weighted by molar-refractivity contribution is 0.0697. The number of halogens is 1. The Kier molecular flexibility index (Phi) is 4.69. The zero-order valence-corrected chi connectivity index (χ0v) is 9.37. The number of carboxylic acids is 1. The highest BCUT2D eigenvalue weighted by Gasteiger charge is 2.13. The largest absolute Gasteiger partial charge is 0.478 e. The van der Waals surface area contributed by atoms with E-state index in [1.165, 1.54) is 6.07 Å². The normalized spacial score (nSPS) is 9.33. The minimum absolute atomic E-state index is 0.0158. The summed E-state index contributed by atoms with van der Waals surface area (Å²) in [7, 11) is 0. The first-order valence-electron chi connectivity index (χ1n) is 5.05. The number of nitrogens with one attached hydrogen (secondary N) is 2. The molecule has 5 nitrogen and oxygen atoms in total. The van der Waals surface area contributed by atoms with Crippen molar-refractivity contribution in [1.29, 1.82) is 0 Å². The van der Waals surface area contributed by atoms with E-state index in [9.17, 15) is 14.0 Å². The van der Waals surface area contributed by atoms with Gasteiger partial charge in [0, 0.05) is 13.0 Å². The minimum atomic E-state index is -1.33. The van der Waals surface area contributed by atoms with E-state index < -0.39 is 17.8 Å². The first-order chi connectivity index (χ1) is 8.54. The van der Waals surface area contributed by atoms with Crippen LogP contribution in [0.5, 0.6) is 0 Å². The van der Waals surface area contributed by atoms with Crippen molar-refractivity contribution in [2.24, 2.45) is 0 Å². The molecule has 1 aromatic carbocycles. The zero-order chi connectivity index (χ0) is 13.5. The summed E-state index contributed by atoms with van der Waals surface area (Å²) >= 11 is 0. The Morgan fingerprint density at radius 2 is 2.17 bits per heavy atom. The van der Waals surface area contributed by atoms with Gasteiger partial charge in [0.05, 0.1) is 11.3 Å². The van der Waals surface area contributed by atoms with E-state index in [1.54, 1.807) is 0 Å². The monoisotopic (exact) mass is 250 g/mol. The molecule has 0 aliphatic carbocycles. The van der Waals surface area contributed by atoms with Crippen LogP contribution in [0.1, 0.15) is 16.8 Å². The standard InChI is InChI=1S/C12H11FN2O3/c1-2-3-6-14-12(18)15-10-5-4-8(13)7-9(10)11(16)17/h1,4-5,7H,3,6H2,(H,16,17)(H2,14,15,18). The lowest BCUT2D eigenvalue weighted by Gasteiger charge is -2.09. The third kappa shape index (κ3) is 3.79. The number of amides is 2. The van der Waals surface area contributed by atoms with Crippen molar-refractivity contribution >= 4 is 17.7 Å². The Hall–Kier alpha value is -2.55. The van der Waals surface area contributed by atoms with Crippen LogP contribution in [0.4, 0.5) is 14.9 Å². The molecule has 1 rings (SSSR count). The molecule has 0 bridgehead atoms. The summed E-state index contributed by atoms with van der Waals surface area (Å²) in [6.07, 6.45) is 5.37. The highest BCUT2D eigenvalue weighted by atomic mass is 19.1. The number of aromatic carboxylic acids is 1. The van der Waals surface area contributed by atoms with E-state index >= 15 is 0 Å². The Balaban J connectivity index is 2.75. The van der Waals surface area contributed by atoms with Gasteiger partial charge >= 0.3 is 12.0 Å². The molecular weight excluding hydrogens is 239 g/mol. The quantitative estimate of drug-likeness (QED) is 0.561. The number of carbonyl (C=O) groups is 2. The van der Waals surface area contributed by atoms with Crippen LogP contribution in [0.3, 0.4) is 0 Å². The van der Waals surface area contributed by atoms with Gasteiger partial charge in [-0.15, -0.1) is 12.3 Å². The van der Waals surface area contributed by atoms with Crippen molar-refractivity contribution in [1.82, 2.24) is 5.32 Å². The summed E-state index contributed by atoms with van der Waals surface area (Å²) in [6, 6.07) is 2.47. The predicted molar refractivity (Wildman–Crippen MR) is 63.8 cm³/mol. The minimum Gasteiger partial charge on any atom is -0.478 e. The van der Waals surface area contributed by atoms with E-state index in [-0.39, 0.29) is 17.8 Å². The molecule has 0 radical (unpaired) electrons. The van der Waals surface area contributed by atoms with Crippen molar-refractivity contribution in [3.05, 3.63) is 29.6 Å². The third-order valence-corrected chi connectivity index (χ3v) is 2.02. The van der Waals surface area contributed by atoms with Gasteiger partial charge in [-0.1, -0.05) is 0 Å². The number of carbonyl (C=O) groups excluding carboxylic acids is 1. The van der Waals surface area contributed by atoms with Gasteiger partial charge in [-0.25, -0.2) is 14.0 Å². The van der Waals surface area contributed by atoms with Crippen LogP contribution in [-0.4, -0.2) is 23.7 Å². The fourth-order valence-corrected chi connectivity index (χ4v) is 1.22. The predicted octanol–water partition coefficient (Wildman–Crippen LogP) is 1.67. The Morgan fingerprint density at radius 1 is 1.44 bits per heavy atom. The second kappa shape index (κ2) is 6.25. The molecule has 18 heavy (non-hydrogen) atoms. The molecule has 0 atom stereocenters. The van der Waals surface area contributed by atoms with E-state index in [0.29, 0.717) is 6.42 Å².